The smallest absolute Gasteiger partial charge is 0.237 e. The predicted molar refractivity (Wildman–Crippen MR) is 115 cm³/mol. The quantitative estimate of drug-likeness (QED) is 0.664. The van der Waals surface area contributed by atoms with Crippen molar-refractivity contribution in [1.82, 2.24) is 4.90 Å². The molecule has 0 saturated heterocycles. The maximum atomic E-state index is 12.6. The maximum absolute atomic E-state index is 12.6. The zero-order valence-electron chi connectivity index (χ0n) is 17.0. The van der Waals surface area contributed by atoms with Crippen LogP contribution in [0.5, 0.6) is 11.5 Å². The molecule has 1 aliphatic rings. The highest BCUT2D eigenvalue weighted by atomic mass is 32.2. The summed E-state index contributed by atoms with van der Waals surface area (Å²) >= 11 is 1.55. The highest BCUT2D eigenvalue weighted by Crippen LogP contribution is 2.35. The highest BCUT2D eigenvalue weighted by Gasteiger charge is 2.25. The Morgan fingerprint density at radius 1 is 1.14 bits per heavy atom. The summed E-state index contributed by atoms with van der Waals surface area (Å²) in [6.07, 6.45) is 1.01. The van der Waals surface area contributed by atoms with Crippen LogP contribution in [0.1, 0.15) is 12.0 Å². The van der Waals surface area contributed by atoms with E-state index >= 15 is 0 Å². The van der Waals surface area contributed by atoms with Gasteiger partial charge in [0.05, 0.1) is 25.7 Å². The molecule has 0 atom stereocenters. The lowest BCUT2D eigenvalue weighted by molar-refractivity contribution is -0.129. The molecule has 0 bridgehead atoms. The van der Waals surface area contributed by atoms with E-state index in [2.05, 4.69) is 0 Å². The first-order chi connectivity index (χ1) is 14.0. The number of ether oxygens (including phenoxy) is 2. The van der Waals surface area contributed by atoms with Crippen molar-refractivity contribution in [3.63, 3.8) is 0 Å². The fourth-order valence-electron chi connectivity index (χ4n) is 3.26. The standard InChI is InChI=1S/C22H26N2O4S/c1-23(12-10-16-8-9-18(27-2)19(14-16)28-3)21(25)11-13-24-17-6-4-5-7-20(17)29-15-22(24)26/h4-9,14H,10-13,15H2,1-3H3. The van der Waals surface area contributed by atoms with Crippen molar-refractivity contribution in [1.29, 1.82) is 0 Å². The number of anilines is 1. The van der Waals surface area contributed by atoms with Gasteiger partial charge in [0.2, 0.25) is 11.8 Å². The lowest BCUT2D eigenvalue weighted by Crippen LogP contribution is -2.39. The first kappa shape index (κ1) is 21.0. The van der Waals surface area contributed by atoms with Crippen LogP contribution in [0.2, 0.25) is 0 Å². The van der Waals surface area contributed by atoms with Crippen LogP contribution in [0.4, 0.5) is 5.69 Å². The number of benzene rings is 2. The van der Waals surface area contributed by atoms with E-state index in [1.807, 2.05) is 42.5 Å². The highest BCUT2D eigenvalue weighted by molar-refractivity contribution is 8.00. The monoisotopic (exact) mass is 414 g/mol. The van der Waals surface area contributed by atoms with E-state index in [-0.39, 0.29) is 11.8 Å². The molecule has 2 aromatic carbocycles. The molecule has 0 radical (unpaired) electrons. The third-order valence-corrected chi connectivity index (χ3v) is 6.01. The largest absolute Gasteiger partial charge is 0.493 e. The Labute approximate surface area is 175 Å². The van der Waals surface area contributed by atoms with Crippen molar-refractivity contribution >= 4 is 29.3 Å². The van der Waals surface area contributed by atoms with Crippen LogP contribution in [0.15, 0.2) is 47.4 Å². The molecule has 1 heterocycles. The molecule has 0 N–H and O–H groups in total. The van der Waals surface area contributed by atoms with Crippen molar-refractivity contribution in [2.24, 2.45) is 0 Å². The van der Waals surface area contributed by atoms with Gasteiger partial charge in [0.1, 0.15) is 0 Å². The van der Waals surface area contributed by atoms with Gasteiger partial charge in [0, 0.05) is 31.5 Å². The summed E-state index contributed by atoms with van der Waals surface area (Å²) in [5.41, 5.74) is 1.97. The van der Waals surface area contributed by atoms with E-state index in [4.69, 9.17) is 9.47 Å². The van der Waals surface area contributed by atoms with Crippen LogP contribution in [-0.2, 0) is 16.0 Å². The summed E-state index contributed by atoms with van der Waals surface area (Å²) in [7, 11) is 5.01. The number of carbonyl (C=O) groups excluding carboxylic acids is 2. The van der Waals surface area contributed by atoms with Crippen LogP contribution in [-0.4, -0.2) is 56.8 Å². The number of thioether (sulfide) groups is 1. The number of hydrogen-bond acceptors (Lipinski definition) is 5. The molecule has 2 amide bonds. The average Bonchev–Trinajstić information content (AvgIpc) is 2.76. The zero-order valence-corrected chi connectivity index (χ0v) is 17.8. The fourth-order valence-corrected chi connectivity index (χ4v) is 4.19. The maximum Gasteiger partial charge on any atom is 0.237 e. The topological polar surface area (TPSA) is 59.1 Å². The van der Waals surface area contributed by atoms with Gasteiger partial charge >= 0.3 is 0 Å². The summed E-state index contributed by atoms with van der Waals surface area (Å²) < 4.78 is 10.6. The second-order valence-corrected chi connectivity index (χ2v) is 7.82. The Morgan fingerprint density at radius 3 is 2.66 bits per heavy atom. The normalized spacial score (nSPS) is 13.1. The van der Waals surface area contributed by atoms with Gasteiger partial charge in [0.15, 0.2) is 11.5 Å². The Kier molecular flexibility index (Phi) is 7.04. The minimum atomic E-state index is 0.0222. The van der Waals surface area contributed by atoms with Crippen molar-refractivity contribution in [3.8, 4) is 11.5 Å². The second kappa shape index (κ2) is 9.69. The lowest BCUT2D eigenvalue weighted by Gasteiger charge is -2.29. The van der Waals surface area contributed by atoms with Gasteiger partial charge in [-0.1, -0.05) is 18.2 Å². The molecule has 0 fully saturated rings. The summed E-state index contributed by atoms with van der Waals surface area (Å²) in [6, 6.07) is 13.6. The molecule has 1 aliphatic heterocycles. The van der Waals surface area contributed by atoms with Crippen molar-refractivity contribution in [3.05, 3.63) is 48.0 Å². The van der Waals surface area contributed by atoms with Crippen LogP contribution >= 0.6 is 11.8 Å². The van der Waals surface area contributed by atoms with Gasteiger partial charge in [-0.25, -0.2) is 0 Å². The molecular weight excluding hydrogens is 388 g/mol. The number of fused-ring (bicyclic) bond motifs is 1. The predicted octanol–water partition coefficient (Wildman–Crippen LogP) is 3.23. The number of carbonyl (C=O) groups is 2. The third-order valence-electron chi connectivity index (χ3n) is 4.97. The van der Waals surface area contributed by atoms with Crippen LogP contribution in [0, 0.1) is 0 Å². The first-order valence-electron chi connectivity index (χ1n) is 9.50. The van der Waals surface area contributed by atoms with Crippen molar-refractivity contribution < 1.29 is 19.1 Å². The van der Waals surface area contributed by atoms with Crippen molar-refractivity contribution in [2.75, 3.05) is 45.0 Å². The van der Waals surface area contributed by atoms with Gasteiger partial charge in [0.25, 0.3) is 0 Å². The SMILES string of the molecule is COc1ccc(CCN(C)C(=O)CCN2C(=O)CSc3ccccc32)cc1OC. The van der Waals surface area contributed by atoms with Crippen LogP contribution < -0.4 is 14.4 Å². The van der Waals surface area contributed by atoms with E-state index in [1.165, 1.54) is 0 Å². The zero-order chi connectivity index (χ0) is 20.8. The number of likely N-dealkylation sites (N-methyl/N-ethyl adjacent to an activating group) is 1. The Bertz CT molecular complexity index is 887. The Balaban J connectivity index is 1.54. The molecule has 7 heteroatoms. The van der Waals surface area contributed by atoms with Gasteiger partial charge in [-0.05, 0) is 36.2 Å². The second-order valence-electron chi connectivity index (χ2n) is 6.81. The third kappa shape index (κ3) is 5.03. The van der Waals surface area contributed by atoms with Crippen LogP contribution in [0.3, 0.4) is 0 Å². The van der Waals surface area contributed by atoms with E-state index in [1.54, 1.807) is 42.8 Å². The molecular formula is C22H26N2O4S. The Morgan fingerprint density at radius 2 is 1.90 bits per heavy atom. The van der Waals surface area contributed by atoms with Gasteiger partial charge in [-0.2, -0.15) is 0 Å². The number of nitrogens with zero attached hydrogens (tertiary/aromatic N) is 2. The molecule has 0 aliphatic carbocycles. The number of hydrogen-bond donors (Lipinski definition) is 0. The Hall–Kier alpha value is -2.67. The molecule has 0 spiro atoms. The molecule has 0 saturated carbocycles. The number of para-hydroxylation sites is 1. The average molecular weight is 415 g/mol. The molecule has 29 heavy (non-hydrogen) atoms. The first-order valence-corrected chi connectivity index (χ1v) is 10.5. The minimum absolute atomic E-state index is 0.0222. The number of rotatable bonds is 8. The van der Waals surface area contributed by atoms with Gasteiger partial charge in [-0.15, -0.1) is 11.8 Å². The summed E-state index contributed by atoms with van der Waals surface area (Å²) in [5.74, 6) is 1.85. The van der Waals surface area contributed by atoms with E-state index in [0.29, 0.717) is 43.2 Å². The van der Waals surface area contributed by atoms with E-state index in [0.717, 1.165) is 16.1 Å². The summed E-state index contributed by atoms with van der Waals surface area (Å²) in [6.45, 7) is 0.991. The van der Waals surface area contributed by atoms with E-state index < -0.39 is 0 Å². The van der Waals surface area contributed by atoms with Crippen LogP contribution in [0.25, 0.3) is 0 Å². The van der Waals surface area contributed by atoms with Crippen molar-refractivity contribution in [2.45, 2.75) is 17.7 Å². The molecule has 6 nitrogen and oxygen atoms in total. The summed E-state index contributed by atoms with van der Waals surface area (Å²) in [5, 5.41) is 0. The van der Waals surface area contributed by atoms with Gasteiger partial charge < -0.3 is 19.3 Å². The minimum Gasteiger partial charge on any atom is -0.493 e. The lowest BCUT2D eigenvalue weighted by atomic mass is 10.1. The van der Waals surface area contributed by atoms with Gasteiger partial charge in [-0.3, -0.25) is 9.59 Å². The molecule has 154 valence electrons. The summed E-state index contributed by atoms with van der Waals surface area (Å²) in [4.78, 5) is 29.4. The number of methoxy groups -OCH3 is 2. The molecule has 2 aromatic rings. The molecule has 0 aromatic heterocycles. The van der Waals surface area contributed by atoms with E-state index in [9.17, 15) is 9.59 Å². The molecule has 0 unspecified atom stereocenters. The number of amides is 2. The fraction of sp³-hybridized carbons (Fsp3) is 0.364. The molecule has 3 rings (SSSR count).